The summed E-state index contributed by atoms with van der Waals surface area (Å²) in [6, 6.07) is 8.40. The summed E-state index contributed by atoms with van der Waals surface area (Å²) in [4.78, 5) is 0. The second-order valence-corrected chi connectivity index (χ2v) is 3.01. The molecule has 1 aliphatic carbocycles. The highest BCUT2D eigenvalue weighted by Crippen LogP contribution is 2.44. The summed E-state index contributed by atoms with van der Waals surface area (Å²) >= 11 is 0. The van der Waals surface area contributed by atoms with E-state index in [9.17, 15) is 0 Å². The zero-order valence-corrected chi connectivity index (χ0v) is 6.03. The average molecular weight is 144 g/mol. The van der Waals surface area contributed by atoms with Gasteiger partial charge in [-0.2, -0.15) is 0 Å². The van der Waals surface area contributed by atoms with E-state index in [1.165, 1.54) is 11.1 Å². The van der Waals surface area contributed by atoms with Gasteiger partial charge < -0.3 is 4.74 Å². The Morgan fingerprint density at radius 1 is 1.18 bits per heavy atom. The molecule has 1 saturated heterocycles. The fourth-order valence-corrected chi connectivity index (χ4v) is 1.64. The molecule has 0 N–H and O–H groups in total. The molecule has 1 aromatic rings. The van der Waals surface area contributed by atoms with Crippen molar-refractivity contribution in [1.82, 2.24) is 0 Å². The minimum absolute atomic E-state index is 0.371. The zero-order valence-electron chi connectivity index (χ0n) is 6.03. The first-order chi connectivity index (χ1) is 5.45. The first kappa shape index (κ1) is 5.56. The van der Waals surface area contributed by atoms with Gasteiger partial charge in [0.05, 0.1) is 0 Å². The first-order valence-electron chi connectivity index (χ1n) is 3.88. The van der Waals surface area contributed by atoms with Crippen molar-refractivity contribution in [2.75, 3.05) is 0 Å². The third kappa shape index (κ3) is 0.688. The van der Waals surface area contributed by atoms with Crippen molar-refractivity contribution in [2.24, 2.45) is 0 Å². The number of rotatable bonds is 0. The van der Waals surface area contributed by atoms with Crippen LogP contribution in [0.25, 0.3) is 6.08 Å². The molecule has 0 radical (unpaired) electrons. The lowest BCUT2D eigenvalue weighted by Crippen LogP contribution is -1.93. The van der Waals surface area contributed by atoms with Crippen LogP contribution in [0.2, 0.25) is 0 Å². The van der Waals surface area contributed by atoms with Crippen molar-refractivity contribution >= 4 is 6.08 Å². The van der Waals surface area contributed by atoms with E-state index >= 15 is 0 Å². The smallest absolute Gasteiger partial charge is 0.114 e. The predicted octanol–water partition coefficient (Wildman–Crippen LogP) is 2.15. The van der Waals surface area contributed by atoms with Crippen LogP contribution in [0.15, 0.2) is 30.3 Å². The van der Waals surface area contributed by atoms with Crippen LogP contribution in [0.5, 0.6) is 0 Å². The van der Waals surface area contributed by atoms with Crippen LogP contribution in [-0.2, 0) is 4.74 Å². The Morgan fingerprint density at radius 2 is 2.09 bits per heavy atom. The third-order valence-corrected chi connectivity index (χ3v) is 2.29. The molecule has 0 aromatic heterocycles. The normalized spacial score (nSPS) is 30.9. The van der Waals surface area contributed by atoms with Crippen molar-refractivity contribution in [1.29, 1.82) is 0 Å². The maximum absolute atomic E-state index is 5.42. The van der Waals surface area contributed by atoms with Crippen LogP contribution in [-0.4, -0.2) is 6.10 Å². The van der Waals surface area contributed by atoms with Gasteiger partial charge in [-0.1, -0.05) is 36.4 Å². The Balaban J connectivity index is 2.24. The van der Waals surface area contributed by atoms with E-state index < -0.39 is 0 Å². The summed E-state index contributed by atoms with van der Waals surface area (Å²) in [5, 5.41) is 0. The summed E-state index contributed by atoms with van der Waals surface area (Å²) in [6.45, 7) is 0. The lowest BCUT2D eigenvalue weighted by molar-refractivity contribution is 0.395. The molecule has 11 heavy (non-hydrogen) atoms. The van der Waals surface area contributed by atoms with Gasteiger partial charge in [-0.25, -0.2) is 0 Å². The van der Waals surface area contributed by atoms with E-state index in [0.29, 0.717) is 12.2 Å². The molecule has 1 fully saturated rings. The first-order valence-corrected chi connectivity index (χ1v) is 3.88. The molecule has 0 amide bonds. The van der Waals surface area contributed by atoms with Crippen LogP contribution in [0.1, 0.15) is 17.2 Å². The molecule has 0 bridgehead atoms. The summed E-state index contributed by atoms with van der Waals surface area (Å²) in [7, 11) is 0. The molecule has 1 heterocycles. The molecule has 0 spiro atoms. The van der Waals surface area contributed by atoms with Crippen molar-refractivity contribution in [3.63, 3.8) is 0 Å². The van der Waals surface area contributed by atoms with Gasteiger partial charge in [0.2, 0.25) is 0 Å². The number of benzene rings is 1. The van der Waals surface area contributed by atoms with E-state index in [0.717, 1.165) is 0 Å². The van der Waals surface area contributed by atoms with E-state index in [1.807, 2.05) is 0 Å². The SMILES string of the molecule is C1=CC2O[C@@H]2c2ccccc21. The fourth-order valence-electron chi connectivity index (χ4n) is 1.64. The Hall–Kier alpha value is -1.08. The molecule has 0 saturated carbocycles. The predicted molar refractivity (Wildman–Crippen MR) is 43.1 cm³/mol. The van der Waals surface area contributed by atoms with Gasteiger partial charge in [-0.3, -0.25) is 0 Å². The number of hydrogen-bond acceptors (Lipinski definition) is 1. The molecule has 1 aliphatic heterocycles. The number of epoxide rings is 1. The van der Waals surface area contributed by atoms with Gasteiger partial charge in [0.25, 0.3) is 0 Å². The topological polar surface area (TPSA) is 12.5 Å². The molecule has 2 aliphatic rings. The molecular weight excluding hydrogens is 136 g/mol. The highest BCUT2D eigenvalue weighted by molar-refractivity contribution is 5.60. The second kappa shape index (κ2) is 1.74. The largest absolute Gasteiger partial charge is 0.360 e. The summed E-state index contributed by atoms with van der Waals surface area (Å²) in [6.07, 6.45) is 5.03. The summed E-state index contributed by atoms with van der Waals surface area (Å²) < 4.78 is 5.42. The molecule has 1 unspecified atom stereocenters. The van der Waals surface area contributed by atoms with Crippen LogP contribution in [0.3, 0.4) is 0 Å². The monoisotopic (exact) mass is 144 g/mol. The molecular formula is C10H8O. The molecule has 3 rings (SSSR count). The van der Waals surface area contributed by atoms with E-state index in [2.05, 4.69) is 36.4 Å². The van der Waals surface area contributed by atoms with Crippen molar-refractivity contribution in [3.8, 4) is 0 Å². The lowest BCUT2D eigenvalue weighted by Gasteiger charge is -2.04. The van der Waals surface area contributed by atoms with Crippen LogP contribution in [0.4, 0.5) is 0 Å². The molecule has 1 aromatic carbocycles. The average Bonchev–Trinajstić information content (AvgIpc) is 2.83. The molecule has 1 nitrogen and oxygen atoms in total. The standard InChI is InChI=1S/C10H8O/c1-2-4-8-7(3-1)5-6-9-10(8)11-9/h1-6,9-10H/t9?,10-/m1/s1. The van der Waals surface area contributed by atoms with Gasteiger partial charge >= 0.3 is 0 Å². The zero-order chi connectivity index (χ0) is 7.26. The van der Waals surface area contributed by atoms with Gasteiger partial charge in [-0.15, -0.1) is 0 Å². The molecule has 2 atom stereocenters. The maximum atomic E-state index is 5.42. The Bertz CT molecular complexity index is 327. The number of hydrogen-bond donors (Lipinski definition) is 0. The van der Waals surface area contributed by atoms with E-state index in [-0.39, 0.29) is 0 Å². The van der Waals surface area contributed by atoms with E-state index in [1.54, 1.807) is 0 Å². The number of ether oxygens (including phenoxy) is 1. The minimum Gasteiger partial charge on any atom is -0.360 e. The van der Waals surface area contributed by atoms with Crippen molar-refractivity contribution in [3.05, 3.63) is 41.5 Å². The highest BCUT2D eigenvalue weighted by atomic mass is 16.6. The quantitative estimate of drug-likeness (QED) is 0.508. The highest BCUT2D eigenvalue weighted by Gasteiger charge is 2.40. The van der Waals surface area contributed by atoms with Gasteiger partial charge in [-0.05, 0) is 11.1 Å². The Labute approximate surface area is 65.3 Å². The van der Waals surface area contributed by atoms with Crippen LogP contribution in [0, 0.1) is 0 Å². The minimum atomic E-state index is 0.371. The summed E-state index contributed by atoms with van der Waals surface area (Å²) in [5.74, 6) is 0. The molecule has 1 heteroatoms. The van der Waals surface area contributed by atoms with Gasteiger partial charge in [0, 0.05) is 0 Å². The van der Waals surface area contributed by atoms with E-state index in [4.69, 9.17) is 4.74 Å². The van der Waals surface area contributed by atoms with Crippen LogP contribution >= 0.6 is 0 Å². The lowest BCUT2D eigenvalue weighted by atomic mass is 9.98. The Kier molecular flexibility index (Phi) is 0.880. The fraction of sp³-hybridized carbons (Fsp3) is 0.200. The second-order valence-electron chi connectivity index (χ2n) is 3.01. The van der Waals surface area contributed by atoms with Crippen LogP contribution < -0.4 is 0 Å². The van der Waals surface area contributed by atoms with Crippen molar-refractivity contribution in [2.45, 2.75) is 12.2 Å². The van der Waals surface area contributed by atoms with Gasteiger partial charge in [0.1, 0.15) is 12.2 Å². The third-order valence-electron chi connectivity index (χ3n) is 2.29. The van der Waals surface area contributed by atoms with Crippen molar-refractivity contribution < 1.29 is 4.74 Å². The summed E-state index contributed by atoms with van der Waals surface area (Å²) in [5.41, 5.74) is 2.66. The van der Waals surface area contributed by atoms with Gasteiger partial charge in [0.15, 0.2) is 0 Å². The number of fused-ring (bicyclic) bond motifs is 3. The maximum Gasteiger partial charge on any atom is 0.114 e. The molecule has 54 valence electrons. The Morgan fingerprint density at radius 3 is 3.09 bits per heavy atom.